The molecule has 1 saturated heterocycles. The van der Waals surface area contributed by atoms with E-state index >= 15 is 0 Å². The van der Waals surface area contributed by atoms with Crippen molar-refractivity contribution in [3.63, 3.8) is 0 Å². The number of hydrogen-bond donors (Lipinski definition) is 2. The van der Waals surface area contributed by atoms with Crippen LogP contribution in [-0.2, 0) is 10.2 Å². The third-order valence-electron chi connectivity index (χ3n) is 2.47. The third-order valence-corrected chi connectivity index (χ3v) is 3.56. The van der Waals surface area contributed by atoms with Crippen molar-refractivity contribution in [2.24, 2.45) is 11.1 Å². The van der Waals surface area contributed by atoms with E-state index in [-0.39, 0.29) is 6.61 Å². The fourth-order valence-corrected chi connectivity index (χ4v) is 2.35. The zero-order valence-corrected chi connectivity index (χ0v) is 8.33. The SMILES string of the molecule is NS(=O)(=O)N1CCC(CCO)CC1. The van der Waals surface area contributed by atoms with Crippen LogP contribution in [0.3, 0.4) is 0 Å². The molecule has 0 aromatic heterocycles. The van der Waals surface area contributed by atoms with Crippen molar-refractivity contribution in [2.45, 2.75) is 19.3 Å². The molecule has 3 N–H and O–H groups in total. The van der Waals surface area contributed by atoms with Gasteiger partial charge in [0.05, 0.1) is 0 Å². The van der Waals surface area contributed by atoms with Crippen LogP contribution in [0.4, 0.5) is 0 Å². The maximum Gasteiger partial charge on any atom is 0.276 e. The maximum atomic E-state index is 10.9. The highest BCUT2D eigenvalue weighted by atomic mass is 32.2. The number of hydrogen-bond acceptors (Lipinski definition) is 3. The van der Waals surface area contributed by atoms with Crippen LogP contribution >= 0.6 is 0 Å². The predicted octanol–water partition coefficient (Wildman–Crippen LogP) is -0.716. The van der Waals surface area contributed by atoms with E-state index in [1.54, 1.807) is 0 Å². The second kappa shape index (κ2) is 4.36. The van der Waals surface area contributed by atoms with Crippen LogP contribution in [0.1, 0.15) is 19.3 Å². The molecule has 0 aromatic rings. The molecule has 0 radical (unpaired) electrons. The number of piperidine rings is 1. The van der Waals surface area contributed by atoms with Crippen molar-refractivity contribution in [3.05, 3.63) is 0 Å². The lowest BCUT2D eigenvalue weighted by atomic mass is 9.95. The van der Waals surface area contributed by atoms with Gasteiger partial charge in [-0.15, -0.1) is 0 Å². The van der Waals surface area contributed by atoms with Gasteiger partial charge in [-0.2, -0.15) is 12.7 Å². The first-order valence-corrected chi connectivity index (χ1v) is 5.93. The first kappa shape index (κ1) is 10.9. The van der Waals surface area contributed by atoms with Crippen LogP contribution in [0.15, 0.2) is 0 Å². The third kappa shape index (κ3) is 3.22. The minimum Gasteiger partial charge on any atom is -0.396 e. The van der Waals surface area contributed by atoms with Crippen LogP contribution in [0.2, 0.25) is 0 Å². The van der Waals surface area contributed by atoms with Crippen LogP contribution in [-0.4, -0.2) is 37.5 Å². The predicted molar refractivity (Wildman–Crippen MR) is 49.1 cm³/mol. The lowest BCUT2D eigenvalue weighted by Crippen LogP contribution is -2.42. The second-order valence-corrected chi connectivity index (χ2v) is 4.95. The van der Waals surface area contributed by atoms with Gasteiger partial charge in [-0.3, -0.25) is 0 Å². The molecule has 5 nitrogen and oxygen atoms in total. The molecule has 1 fully saturated rings. The number of nitrogens with two attached hydrogens (primary N) is 1. The smallest absolute Gasteiger partial charge is 0.276 e. The first-order chi connectivity index (χ1) is 6.04. The van der Waals surface area contributed by atoms with E-state index in [9.17, 15) is 8.42 Å². The van der Waals surface area contributed by atoms with Crippen LogP contribution in [0.5, 0.6) is 0 Å². The molecule has 0 unspecified atom stereocenters. The molecular formula is C7H16N2O3S. The van der Waals surface area contributed by atoms with Gasteiger partial charge in [-0.1, -0.05) is 0 Å². The van der Waals surface area contributed by atoms with Crippen molar-refractivity contribution in [1.82, 2.24) is 4.31 Å². The van der Waals surface area contributed by atoms with Gasteiger partial charge in [0.2, 0.25) is 0 Å². The van der Waals surface area contributed by atoms with Crippen molar-refractivity contribution >= 4 is 10.2 Å². The topological polar surface area (TPSA) is 83.6 Å². The quantitative estimate of drug-likeness (QED) is 0.642. The second-order valence-electron chi connectivity index (χ2n) is 3.40. The van der Waals surface area contributed by atoms with Gasteiger partial charge < -0.3 is 5.11 Å². The average Bonchev–Trinajstić information content (AvgIpc) is 2.04. The summed E-state index contributed by atoms with van der Waals surface area (Å²) in [5.41, 5.74) is 0. The average molecular weight is 208 g/mol. The van der Waals surface area contributed by atoms with E-state index in [0.717, 1.165) is 19.3 Å². The molecule has 1 aliphatic rings. The Morgan fingerprint density at radius 2 is 1.92 bits per heavy atom. The highest BCUT2D eigenvalue weighted by molar-refractivity contribution is 7.86. The summed E-state index contributed by atoms with van der Waals surface area (Å²) in [5.74, 6) is 0.447. The molecule has 0 aliphatic carbocycles. The molecular weight excluding hydrogens is 192 g/mol. The lowest BCUT2D eigenvalue weighted by molar-refractivity contribution is 0.208. The summed E-state index contributed by atoms with van der Waals surface area (Å²) < 4.78 is 23.1. The molecule has 0 spiro atoms. The van der Waals surface area contributed by atoms with Crippen LogP contribution in [0, 0.1) is 5.92 Å². The molecule has 1 heterocycles. The van der Waals surface area contributed by atoms with Gasteiger partial charge in [0.15, 0.2) is 0 Å². The van der Waals surface area contributed by atoms with Gasteiger partial charge in [-0.05, 0) is 25.2 Å². The zero-order valence-electron chi connectivity index (χ0n) is 7.52. The summed E-state index contributed by atoms with van der Waals surface area (Å²) in [4.78, 5) is 0. The molecule has 1 rings (SSSR count). The van der Waals surface area contributed by atoms with E-state index in [2.05, 4.69) is 0 Å². The Morgan fingerprint density at radius 1 is 1.38 bits per heavy atom. The Labute approximate surface area is 78.7 Å². The highest BCUT2D eigenvalue weighted by Gasteiger charge is 2.24. The minimum atomic E-state index is -3.49. The number of aliphatic hydroxyl groups is 1. The first-order valence-electron chi connectivity index (χ1n) is 4.43. The fourth-order valence-electron chi connectivity index (χ4n) is 1.64. The summed E-state index contributed by atoms with van der Waals surface area (Å²) in [6.45, 7) is 1.16. The molecule has 6 heteroatoms. The summed E-state index contributed by atoms with van der Waals surface area (Å²) in [6.07, 6.45) is 2.37. The number of nitrogens with zero attached hydrogens (tertiary/aromatic N) is 1. The molecule has 0 saturated carbocycles. The monoisotopic (exact) mass is 208 g/mol. The van der Waals surface area contributed by atoms with Gasteiger partial charge in [0.25, 0.3) is 10.2 Å². The summed E-state index contributed by atoms with van der Waals surface area (Å²) in [6, 6.07) is 0. The van der Waals surface area contributed by atoms with Gasteiger partial charge in [-0.25, -0.2) is 5.14 Å². The molecule has 13 heavy (non-hydrogen) atoms. The van der Waals surface area contributed by atoms with Crippen LogP contribution in [0.25, 0.3) is 0 Å². The maximum absolute atomic E-state index is 10.9. The Kier molecular flexibility index (Phi) is 3.66. The Hall–Kier alpha value is -0.170. The molecule has 1 aliphatic heterocycles. The van der Waals surface area contributed by atoms with Crippen molar-refractivity contribution in [2.75, 3.05) is 19.7 Å². The standard InChI is InChI=1S/C7H16N2O3S/c8-13(11,12)9-4-1-7(2-5-9)3-6-10/h7,10H,1-6H2,(H2,8,11,12). The van der Waals surface area contributed by atoms with E-state index in [1.807, 2.05) is 0 Å². The number of rotatable bonds is 3. The lowest BCUT2D eigenvalue weighted by Gasteiger charge is -2.29. The normalized spacial score (nSPS) is 22.0. The van der Waals surface area contributed by atoms with Crippen molar-refractivity contribution in [3.8, 4) is 0 Å². The van der Waals surface area contributed by atoms with Gasteiger partial charge >= 0.3 is 0 Å². The molecule has 0 bridgehead atoms. The molecule has 0 atom stereocenters. The van der Waals surface area contributed by atoms with Crippen molar-refractivity contribution < 1.29 is 13.5 Å². The van der Waals surface area contributed by atoms with E-state index < -0.39 is 10.2 Å². The Bertz CT molecular complexity index is 244. The van der Waals surface area contributed by atoms with Crippen LogP contribution < -0.4 is 5.14 Å². The summed E-state index contributed by atoms with van der Waals surface area (Å²) >= 11 is 0. The van der Waals surface area contributed by atoms with E-state index in [1.165, 1.54) is 4.31 Å². The molecule has 0 amide bonds. The summed E-state index contributed by atoms with van der Waals surface area (Å²) in [5, 5.41) is 13.7. The molecule has 78 valence electrons. The highest BCUT2D eigenvalue weighted by Crippen LogP contribution is 2.20. The zero-order chi connectivity index (χ0) is 9.90. The molecule has 0 aromatic carbocycles. The van der Waals surface area contributed by atoms with Gasteiger partial charge in [0, 0.05) is 19.7 Å². The summed E-state index contributed by atoms with van der Waals surface area (Å²) in [7, 11) is -3.49. The Balaban J connectivity index is 2.39. The van der Waals surface area contributed by atoms with E-state index in [0.29, 0.717) is 19.0 Å². The van der Waals surface area contributed by atoms with Crippen molar-refractivity contribution in [1.29, 1.82) is 0 Å². The fraction of sp³-hybridized carbons (Fsp3) is 1.00. The largest absolute Gasteiger partial charge is 0.396 e. The van der Waals surface area contributed by atoms with Gasteiger partial charge in [0.1, 0.15) is 0 Å². The number of aliphatic hydroxyl groups excluding tert-OH is 1. The Morgan fingerprint density at radius 3 is 2.31 bits per heavy atom. The minimum absolute atomic E-state index is 0.181. The van der Waals surface area contributed by atoms with E-state index in [4.69, 9.17) is 10.2 Å².